The summed E-state index contributed by atoms with van der Waals surface area (Å²) >= 11 is 12.1. The molecule has 9 heteroatoms. The molecule has 2 rings (SSSR count). The topological polar surface area (TPSA) is 99.1 Å². The van der Waals surface area contributed by atoms with Gasteiger partial charge in [0.2, 0.25) is 0 Å². The molecule has 25 heavy (non-hydrogen) atoms. The normalized spacial score (nSPS) is 17.4. The van der Waals surface area contributed by atoms with Crippen molar-refractivity contribution in [2.75, 3.05) is 0 Å². The van der Waals surface area contributed by atoms with E-state index in [1.807, 2.05) is 0 Å². The zero-order valence-electron chi connectivity index (χ0n) is 13.5. The second-order valence-corrected chi connectivity index (χ2v) is 6.46. The van der Waals surface area contributed by atoms with E-state index in [2.05, 4.69) is 0 Å². The maximum Gasteiger partial charge on any atom is 0.348 e. The molecular weight excluding hydrogens is 375 g/mol. The summed E-state index contributed by atoms with van der Waals surface area (Å²) in [5.74, 6) is -4.23. The van der Waals surface area contributed by atoms with Crippen LogP contribution in [0.15, 0.2) is 17.7 Å². The minimum atomic E-state index is -1.34. The lowest BCUT2D eigenvalue weighted by Crippen LogP contribution is -2.41. The summed E-state index contributed by atoms with van der Waals surface area (Å²) < 4.78 is 15.2. The Labute approximate surface area is 153 Å². The SMILES string of the molecule is CC(Oc1c(Cl)cc(C=C2C(=O)OC(C)(C)OC2=O)cc1Cl)C(=O)O. The van der Waals surface area contributed by atoms with Crippen LogP contribution in [0.5, 0.6) is 5.75 Å². The monoisotopic (exact) mass is 388 g/mol. The Morgan fingerprint density at radius 3 is 2.12 bits per heavy atom. The van der Waals surface area contributed by atoms with Crippen LogP contribution < -0.4 is 4.74 Å². The second-order valence-electron chi connectivity index (χ2n) is 5.65. The third-order valence-corrected chi connectivity index (χ3v) is 3.65. The number of cyclic esters (lactones) is 2. The molecule has 7 nitrogen and oxygen atoms in total. The Morgan fingerprint density at radius 2 is 1.68 bits per heavy atom. The first kappa shape index (κ1) is 19.1. The number of ether oxygens (including phenoxy) is 3. The lowest BCUT2D eigenvalue weighted by molar-refractivity contribution is -0.222. The summed E-state index contributed by atoms with van der Waals surface area (Å²) in [5.41, 5.74) is -0.00651. The predicted octanol–water partition coefficient (Wildman–Crippen LogP) is 3.06. The van der Waals surface area contributed by atoms with E-state index in [1.165, 1.54) is 39.0 Å². The van der Waals surface area contributed by atoms with Crippen LogP contribution in [0.4, 0.5) is 0 Å². The molecule has 1 aromatic carbocycles. The van der Waals surface area contributed by atoms with Gasteiger partial charge in [0, 0.05) is 13.8 Å². The summed E-state index contributed by atoms with van der Waals surface area (Å²) in [6, 6.07) is 2.73. The van der Waals surface area contributed by atoms with Gasteiger partial charge in [-0.25, -0.2) is 14.4 Å². The Morgan fingerprint density at radius 1 is 1.20 bits per heavy atom. The molecule has 1 heterocycles. The first-order valence-corrected chi connectivity index (χ1v) is 7.82. The Kier molecular flexibility index (Phi) is 5.29. The summed E-state index contributed by atoms with van der Waals surface area (Å²) in [6.07, 6.45) is 0.0481. The lowest BCUT2D eigenvalue weighted by Gasteiger charge is -2.29. The first-order chi connectivity index (χ1) is 11.5. The van der Waals surface area contributed by atoms with Gasteiger partial charge in [-0.3, -0.25) is 0 Å². The number of hydrogen-bond donors (Lipinski definition) is 1. The number of carbonyl (C=O) groups excluding carboxylic acids is 2. The summed E-state index contributed by atoms with van der Waals surface area (Å²) in [6.45, 7) is 4.19. The van der Waals surface area contributed by atoms with Gasteiger partial charge in [-0.1, -0.05) is 23.2 Å². The average molecular weight is 389 g/mol. The molecule has 134 valence electrons. The van der Waals surface area contributed by atoms with Gasteiger partial charge >= 0.3 is 17.9 Å². The molecule has 1 unspecified atom stereocenters. The number of aliphatic carboxylic acids is 1. The van der Waals surface area contributed by atoms with Crippen LogP contribution in [0, 0.1) is 0 Å². The molecule has 1 fully saturated rings. The Balaban J connectivity index is 2.34. The van der Waals surface area contributed by atoms with Gasteiger partial charge in [-0.2, -0.15) is 0 Å². The zero-order valence-corrected chi connectivity index (χ0v) is 15.0. The van der Waals surface area contributed by atoms with E-state index >= 15 is 0 Å². The predicted molar refractivity (Wildman–Crippen MR) is 88.4 cm³/mol. The third kappa shape index (κ3) is 4.43. The minimum absolute atomic E-state index is 0.0182. The van der Waals surface area contributed by atoms with Crippen molar-refractivity contribution in [3.8, 4) is 5.75 Å². The van der Waals surface area contributed by atoms with Crippen LogP contribution in [0.2, 0.25) is 10.0 Å². The Bertz CT molecular complexity index is 738. The van der Waals surface area contributed by atoms with Crippen LogP contribution >= 0.6 is 23.2 Å². The van der Waals surface area contributed by atoms with Gasteiger partial charge in [0.1, 0.15) is 5.57 Å². The van der Waals surface area contributed by atoms with Crippen molar-refractivity contribution >= 4 is 47.2 Å². The molecule has 1 aliphatic heterocycles. The molecule has 1 N–H and O–H groups in total. The van der Waals surface area contributed by atoms with Crippen molar-refractivity contribution in [2.24, 2.45) is 0 Å². The van der Waals surface area contributed by atoms with Crippen molar-refractivity contribution in [1.82, 2.24) is 0 Å². The maximum atomic E-state index is 11.9. The van der Waals surface area contributed by atoms with Crippen molar-refractivity contribution < 1.29 is 33.7 Å². The number of halogens is 2. The molecule has 0 aliphatic carbocycles. The number of rotatable bonds is 4. The van der Waals surface area contributed by atoms with Crippen LogP contribution in [0.25, 0.3) is 6.08 Å². The average Bonchev–Trinajstić information content (AvgIpc) is 2.45. The summed E-state index contributed by atoms with van der Waals surface area (Å²) in [4.78, 5) is 34.7. The Hall–Kier alpha value is -2.25. The molecule has 0 amide bonds. The molecule has 0 radical (unpaired) electrons. The fourth-order valence-corrected chi connectivity index (χ4v) is 2.54. The van der Waals surface area contributed by atoms with E-state index in [1.54, 1.807) is 0 Å². The highest BCUT2D eigenvalue weighted by Crippen LogP contribution is 2.36. The molecule has 1 aromatic rings. The van der Waals surface area contributed by atoms with Crippen molar-refractivity contribution in [3.05, 3.63) is 33.3 Å². The largest absolute Gasteiger partial charge is 0.479 e. The lowest BCUT2D eigenvalue weighted by atomic mass is 10.1. The number of carboxylic acid groups (broad SMARTS) is 1. The molecular formula is C16H14Cl2O7. The molecule has 1 aliphatic rings. The van der Waals surface area contributed by atoms with Crippen molar-refractivity contribution in [1.29, 1.82) is 0 Å². The highest BCUT2D eigenvalue weighted by atomic mass is 35.5. The van der Waals surface area contributed by atoms with E-state index in [4.69, 9.17) is 42.5 Å². The fraction of sp³-hybridized carbons (Fsp3) is 0.312. The van der Waals surface area contributed by atoms with Crippen LogP contribution in [0.1, 0.15) is 26.3 Å². The fourth-order valence-electron chi connectivity index (χ4n) is 1.95. The molecule has 1 saturated heterocycles. The minimum Gasteiger partial charge on any atom is -0.479 e. The standard InChI is InChI=1S/C16H14Cl2O7/c1-7(13(19)20)23-12-10(17)5-8(6-11(12)18)4-9-14(21)24-16(2,3)25-15(9)22/h4-7H,1-3H3,(H,19,20). The highest BCUT2D eigenvalue weighted by molar-refractivity contribution is 6.37. The second kappa shape index (κ2) is 6.93. The summed E-state index contributed by atoms with van der Waals surface area (Å²) in [7, 11) is 0. The van der Waals surface area contributed by atoms with Gasteiger partial charge in [0.25, 0.3) is 5.79 Å². The van der Waals surface area contributed by atoms with Crippen LogP contribution in [-0.4, -0.2) is 34.9 Å². The van der Waals surface area contributed by atoms with E-state index in [0.717, 1.165) is 0 Å². The molecule has 0 bridgehead atoms. The van der Waals surface area contributed by atoms with Crippen LogP contribution in [-0.2, 0) is 23.9 Å². The zero-order chi connectivity index (χ0) is 18.9. The number of carboxylic acids is 1. The molecule has 1 atom stereocenters. The van der Waals surface area contributed by atoms with E-state index in [0.29, 0.717) is 5.56 Å². The number of benzene rings is 1. The third-order valence-electron chi connectivity index (χ3n) is 3.09. The molecule has 0 saturated carbocycles. The van der Waals surface area contributed by atoms with Gasteiger partial charge in [0.05, 0.1) is 10.0 Å². The van der Waals surface area contributed by atoms with Gasteiger partial charge < -0.3 is 19.3 Å². The van der Waals surface area contributed by atoms with Gasteiger partial charge in [-0.05, 0) is 30.7 Å². The van der Waals surface area contributed by atoms with Gasteiger partial charge in [-0.15, -0.1) is 0 Å². The van der Waals surface area contributed by atoms with E-state index in [-0.39, 0.29) is 21.4 Å². The first-order valence-electron chi connectivity index (χ1n) is 7.07. The van der Waals surface area contributed by atoms with E-state index in [9.17, 15) is 14.4 Å². The maximum absolute atomic E-state index is 11.9. The van der Waals surface area contributed by atoms with Crippen LogP contribution in [0.3, 0.4) is 0 Å². The quantitative estimate of drug-likeness (QED) is 0.480. The number of carbonyl (C=O) groups is 3. The van der Waals surface area contributed by atoms with Crippen molar-refractivity contribution in [2.45, 2.75) is 32.7 Å². The number of hydrogen-bond acceptors (Lipinski definition) is 6. The van der Waals surface area contributed by atoms with Crippen molar-refractivity contribution in [3.63, 3.8) is 0 Å². The van der Waals surface area contributed by atoms with E-state index < -0.39 is 29.8 Å². The summed E-state index contributed by atoms with van der Waals surface area (Å²) in [5, 5.41) is 8.91. The van der Waals surface area contributed by atoms with Gasteiger partial charge in [0.15, 0.2) is 11.9 Å². The smallest absolute Gasteiger partial charge is 0.348 e. The highest BCUT2D eigenvalue weighted by Gasteiger charge is 2.38. The molecule has 0 spiro atoms. The molecule has 0 aromatic heterocycles. The number of esters is 2.